The van der Waals surface area contributed by atoms with Gasteiger partial charge >= 0.3 is 0 Å². The van der Waals surface area contributed by atoms with E-state index < -0.39 is 0 Å². The van der Waals surface area contributed by atoms with Crippen LogP contribution in [-0.2, 0) is 19.2 Å². The Morgan fingerprint density at radius 3 is 2.72 bits per heavy atom. The molecule has 0 radical (unpaired) electrons. The highest BCUT2D eigenvalue weighted by Gasteiger charge is 2.27. The monoisotopic (exact) mass is 471 g/mol. The molecule has 2 aromatic carbocycles. The van der Waals surface area contributed by atoms with Crippen LogP contribution in [0.15, 0.2) is 41.3 Å². The van der Waals surface area contributed by atoms with Crippen molar-refractivity contribution in [1.82, 2.24) is 15.1 Å². The van der Waals surface area contributed by atoms with Crippen molar-refractivity contribution in [2.45, 2.75) is 30.9 Å². The third-order valence-electron chi connectivity index (χ3n) is 5.24. The van der Waals surface area contributed by atoms with Crippen LogP contribution in [0, 0.1) is 0 Å². The normalized spacial score (nSPS) is 12.1. The maximum Gasteiger partial charge on any atom is 0.272 e. The highest BCUT2D eigenvalue weighted by atomic mass is 35.5. The van der Waals surface area contributed by atoms with Gasteiger partial charge in [-0.2, -0.15) is 5.10 Å². The molecule has 168 valence electrons. The van der Waals surface area contributed by atoms with Crippen LogP contribution in [0.4, 0.5) is 0 Å². The molecular weight excluding hydrogens is 446 g/mol. The number of nitrogens with one attached hydrogen (secondary N) is 1. The summed E-state index contributed by atoms with van der Waals surface area (Å²) in [4.78, 5) is 14.1. The van der Waals surface area contributed by atoms with Gasteiger partial charge in [-0.1, -0.05) is 17.7 Å². The number of aryl methyl sites for hydroxylation is 1. The van der Waals surface area contributed by atoms with Gasteiger partial charge in [0.2, 0.25) is 0 Å². The Bertz CT molecular complexity index is 1150. The van der Waals surface area contributed by atoms with E-state index in [1.165, 1.54) is 0 Å². The van der Waals surface area contributed by atoms with E-state index in [4.69, 9.17) is 21.1 Å². The Balaban J connectivity index is 1.46. The summed E-state index contributed by atoms with van der Waals surface area (Å²) >= 11 is 7.91. The molecule has 0 atom stereocenters. The van der Waals surface area contributed by atoms with Crippen LogP contribution < -0.4 is 14.8 Å². The van der Waals surface area contributed by atoms with Gasteiger partial charge in [-0.15, -0.1) is 11.8 Å². The highest BCUT2D eigenvalue weighted by molar-refractivity contribution is 7.98. The summed E-state index contributed by atoms with van der Waals surface area (Å²) in [5.74, 6) is 2.01. The number of benzene rings is 2. The Labute approximate surface area is 197 Å². The van der Waals surface area contributed by atoms with Crippen LogP contribution in [0.5, 0.6) is 11.5 Å². The fourth-order valence-electron chi connectivity index (χ4n) is 3.84. The van der Waals surface area contributed by atoms with Gasteiger partial charge < -0.3 is 14.8 Å². The second-order valence-electron chi connectivity index (χ2n) is 7.38. The molecule has 0 unspecified atom stereocenters. The van der Waals surface area contributed by atoms with Gasteiger partial charge in [0.05, 0.1) is 18.9 Å². The molecule has 1 aromatic heterocycles. The van der Waals surface area contributed by atoms with Crippen LogP contribution in [0.1, 0.15) is 35.5 Å². The number of nitrogens with zero attached hydrogens (tertiary/aromatic N) is 2. The summed E-state index contributed by atoms with van der Waals surface area (Å²) in [5, 5.41) is 8.22. The molecule has 8 heteroatoms. The van der Waals surface area contributed by atoms with Crippen molar-refractivity contribution in [1.29, 1.82) is 0 Å². The lowest BCUT2D eigenvalue weighted by atomic mass is 10.1. The third kappa shape index (κ3) is 4.59. The number of hydrogen-bond acceptors (Lipinski definition) is 5. The second-order valence-corrected chi connectivity index (χ2v) is 8.84. The van der Waals surface area contributed by atoms with E-state index in [9.17, 15) is 4.79 Å². The number of halogens is 1. The SMILES string of the molecule is CCOc1ccc(CCNC(=O)c2nn(C)c3c2CSc2ccc(Cl)cc2-3)cc1OCC. The molecule has 0 saturated carbocycles. The average molecular weight is 472 g/mol. The summed E-state index contributed by atoms with van der Waals surface area (Å²) in [6, 6.07) is 11.7. The Morgan fingerprint density at radius 2 is 1.94 bits per heavy atom. The van der Waals surface area contributed by atoms with E-state index in [1.54, 1.807) is 16.4 Å². The number of aromatic nitrogens is 2. The molecule has 0 bridgehead atoms. The van der Waals surface area contributed by atoms with Crippen molar-refractivity contribution in [2.75, 3.05) is 19.8 Å². The zero-order chi connectivity index (χ0) is 22.7. The minimum Gasteiger partial charge on any atom is -0.490 e. The van der Waals surface area contributed by atoms with Crippen molar-refractivity contribution < 1.29 is 14.3 Å². The number of carbonyl (C=O) groups is 1. The molecule has 32 heavy (non-hydrogen) atoms. The average Bonchev–Trinajstić information content (AvgIpc) is 3.12. The summed E-state index contributed by atoms with van der Waals surface area (Å²) in [6.07, 6.45) is 0.681. The highest BCUT2D eigenvalue weighted by Crippen LogP contribution is 2.43. The third-order valence-corrected chi connectivity index (χ3v) is 6.57. The summed E-state index contributed by atoms with van der Waals surface area (Å²) in [7, 11) is 1.87. The van der Waals surface area contributed by atoms with E-state index in [1.807, 2.05) is 57.3 Å². The Morgan fingerprint density at radius 1 is 1.16 bits per heavy atom. The largest absolute Gasteiger partial charge is 0.490 e. The second kappa shape index (κ2) is 9.88. The zero-order valence-corrected chi connectivity index (χ0v) is 20.0. The van der Waals surface area contributed by atoms with Gasteiger partial charge in [-0.3, -0.25) is 9.48 Å². The topological polar surface area (TPSA) is 65.4 Å². The standard InChI is InChI=1S/C24H26ClN3O3S/c1-4-30-19-8-6-15(12-20(19)31-5-2)10-11-26-24(29)22-18-14-32-21-9-7-16(25)13-17(21)23(18)28(3)27-22/h6-9,12-13H,4-5,10-11,14H2,1-3H3,(H,26,29). The molecule has 0 spiro atoms. The maximum absolute atomic E-state index is 12.9. The molecule has 2 heterocycles. The lowest BCUT2D eigenvalue weighted by Crippen LogP contribution is -2.27. The van der Waals surface area contributed by atoms with Crippen molar-refractivity contribution in [3.8, 4) is 22.8 Å². The fourth-order valence-corrected chi connectivity index (χ4v) is 5.06. The predicted octanol–water partition coefficient (Wildman–Crippen LogP) is 5.12. The molecule has 1 N–H and O–H groups in total. The van der Waals surface area contributed by atoms with Gasteiger partial charge in [0.15, 0.2) is 17.2 Å². The number of amides is 1. The van der Waals surface area contributed by atoms with Crippen molar-refractivity contribution in [3.63, 3.8) is 0 Å². The molecule has 0 fully saturated rings. The van der Waals surface area contributed by atoms with Gasteiger partial charge in [0.1, 0.15) is 0 Å². The number of hydrogen-bond donors (Lipinski definition) is 1. The summed E-state index contributed by atoms with van der Waals surface area (Å²) in [6.45, 7) is 5.54. The number of ether oxygens (including phenoxy) is 2. The lowest BCUT2D eigenvalue weighted by molar-refractivity contribution is 0.0947. The van der Waals surface area contributed by atoms with Crippen LogP contribution in [0.25, 0.3) is 11.3 Å². The van der Waals surface area contributed by atoms with E-state index in [-0.39, 0.29) is 5.91 Å². The molecule has 1 aliphatic rings. The van der Waals surface area contributed by atoms with Gasteiger partial charge in [-0.05, 0) is 56.2 Å². The molecule has 6 nitrogen and oxygen atoms in total. The molecule has 0 saturated heterocycles. The first-order valence-corrected chi connectivity index (χ1v) is 12.0. The Hall–Kier alpha value is -2.64. The van der Waals surface area contributed by atoms with Crippen molar-refractivity contribution in [3.05, 3.63) is 58.2 Å². The first-order chi connectivity index (χ1) is 15.5. The molecule has 0 aliphatic carbocycles. The van der Waals surface area contributed by atoms with E-state index in [2.05, 4.69) is 10.4 Å². The van der Waals surface area contributed by atoms with E-state index in [0.29, 0.717) is 42.6 Å². The van der Waals surface area contributed by atoms with Crippen molar-refractivity contribution >= 4 is 29.3 Å². The molecular formula is C24H26ClN3O3S. The van der Waals surface area contributed by atoms with Crippen LogP contribution in [0.2, 0.25) is 5.02 Å². The minimum atomic E-state index is -0.163. The van der Waals surface area contributed by atoms with Gasteiger partial charge in [0.25, 0.3) is 5.91 Å². The Kier molecular flexibility index (Phi) is 6.96. The van der Waals surface area contributed by atoms with Crippen LogP contribution in [0.3, 0.4) is 0 Å². The molecule has 3 aromatic rings. The quantitative estimate of drug-likeness (QED) is 0.494. The van der Waals surface area contributed by atoms with Gasteiger partial charge in [-0.25, -0.2) is 0 Å². The number of rotatable bonds is 8. The van der Waals surface area contributed by atoms with Crippen LogP contribution >= 0.6 is 23.4 Å². The van der Waals surface area contributed by atoms with Gasteiger partial charge in [0, 0.05) is 40.4 Å². The molecule has 1 amide bonds. The number of fused-ring (bicyclic) bond motifs is 3. The van der Waals surface area contributed by atoms with Crippen molar-refractivity contribution in [2.24, 2.45) is 7.05 Å². The first kappa shape index (κ1) is 22.6. The van der Waals surface area contributed by atoms with E-state index >= 15 is 0 Å². The lowest BCUT2D eigenvalue weighted by Gasteiger charge is -2.17. The predicted molar refractivity (Wildman–Crippen MR) is 128 cm³/mol. The maximum atomic E-state index is 12.9. The fraction of sp³-hybridized carbons (Fsp3) is 0.333. The number of thioether (sulfide) groups is 1. The summed E-state index contributed by atoms with van der Waals surface area (Å²) in [5.41, 5.74) is 4.47. The smallest absolute Gasteiger partial charge is 0.272 e. The zero-order valence-electron chi connectivity index (χ0n) is 18.4. The molecule has 1 aliphatic heterocycles. The van der Waals surface area contributed by atoms with E-state index in [0.717, 1.165) is 38.8 Å². The first-order valence-electron chi connectivity index (χ1n) is 10.7. The summed E-state index contributed by atoms with van der Waals surface area (Å²) < 4.78 is 13.1. The number of carbonyl (C=O) groups excluding carboxylic acids is 1. The minimum absolute atomic E-state index is 0.163. The molecule has 4 rings (SSSR count). The van der Waals surface area contributed by atoms with Crippen LogP contribution in [-0.4, -0.2) is 35.4 Å².